The summed E-state index contributed by atoms with van der Waals surface area (Å²) in [5.41, 5.74) is 1.93. The number of thioether (sulfide) groups is 1. The van der Waals surface area contributed by atoms with Crippen molar-refractivity contribution in [3.05, 3.63) is 59.9 Å². The maximum atomic E-state index is 11.4. The van der Waals surface area contributed by atoms with Gasteiger partial charge in [0.25, 0.3) is 0 Å². The molecule has 98 valence electrons. The summed E-state index contributed by atoms with van der Waals surface area (Å²) < 4.78 is 0. The smallest absolute Gasteiger partial charge is 0.317 e. The normalized spacial score (nSPS) is 12.1. The van der Waals surface area contributed by atoms with Gasteiger partial charge in [0.15, 0.2) is 0 Å². The number of carbonyl (C=O) groups is 1. The van der Waals surface area contributed by atoms with Crippen molar-refractivity contribution in [1.82, 2.24) is 4.98 Å². The van der Waals surface area contributed by atoms with Gasteiger partial charge in [-0.25, -0.2) is 0 Å². The highest BCUT2D eigenvalue weighted by Gasteiger charge is 2.19. The minimum atomic E-state index is -0.789. The van der Waals surface area contributed by atoms with Crippen LogP contribution in [0.5, 0.6) is 0 Å². The third-order valence-electron chi connectivity index (χ3n) is 2.69. The van der Waals surface area contributed by atoms with Crippen molar-refractivity contribution in [3.63, 3.8) is 0 Å². The molecule has 0 saturated heterocycles. The highest BCUT2D eigenvalue weighted by Crippen LogP contribution is 2.26. The lowest BCUT2D eigenvalue weighted by Gasteiger charge is -2.12. The van der Waals surface area contributed by atoms with Gasteiger partial charge in [0.05, 0.1) is 0 Å². The topological polar surface area (TPSA) is 50.2 Å². The Bertz CT molecular complexity index is 557. The first-order valence-electron chi connectivity index (χ1n) is 6.01. The number of aryl methyl sites for hydroxylation is 1. The van der Waals surface area contributed by atoms with Gasteiger partial charge in [-0.15, -0.1) is 11.8 Å². The maximum absolute atomic E-state index is 11.4. The average molecular weight is 273 g/mol. The molecular formula is C15H15NO2S. The van der Waals surface area contributed by atoms with Crippen LogP contribution in [-0.4, -0.2) is 21.3 Å². The van der Waals surface area contributed by atoms with Crippen LogP contribution < -0.4 is 0 Å². The molecule has 1 atom stereocenters. The van der Waals surface area contributed by atoms with Gasteiger partial charge in [0.2, 0.25) is 0 Å². The zero-order valence-electron chi connectivity index (χ0n) is 10.6. The van der Waals surface area contributed by atoms with Crippen molar-refractivity contribution in [1.29, 1.82) is 0 Å². The van der Waals surface area contributed by atoms with Gasteiger partial charge in [-0.05, 0) is 31.0 Å². The summed E-state index contributed by atoms with van der Waals surface area (Å²) in [5.74, 6) is -0.789. The highest BCUT2D eigenvalue weighted by atomic mass is 32.2. The molecule has 1 unspecified atom stereocenters. The lowest BCUT2D eigenvalue weighted by Crippen LogP contribution is -2.19. The largest absolute Gasteiger partial charge is 0.480 e. The van der Waals surface area contributed by atoms with Crippen molar-refractivity contribution >= 4 is 17.7 Å². The number of pyridine rings is 1. The Morgan fingerprint density at radius 2 is 2.05 bits per heavy atom. The summed E-state index contributed by atoms with van der Waals surface area (Å²) in [6, 6.07) is 13.4. The van der Waals surface area contributed by atoms with Gasteiger partial charge in [-0.3, -0.25) is 9.78 Å². The molecule has 0 aliphatic carbocycles. The molecule has 19 heavy (non-hydrogen) atoms. The first-order valence-corrected chi connectivity index (χ1v) is 6.89. The van der Waals surface area contributed by atoms with Crippen LogP contribution in [0.3, 0.4) is 0 Å². The molecule has 0 saturated carbocycles. The molecule has 2 rings (SSSR count). The van der Waals surface area contributed by atoms with Crippen LogP contribution in [0.2, 0.25) is 0 Å². The van der Waals surface area contributed by atoms with Crippen molar-refractivity contribution in [2.24, 2.45) is 0 Å². The third kappa shape index (κ3) is 4.10. The number of hydrogen-bond acceptors (Lipinski definition) is 3. The first-order chi connectivity index (χ1) is 9.15. The van der Waals surface area contributed by atoms with Gasteiger partial charge in [-0.2, -0.15) is 0 Å². The molecule has 0 spiro atoms. The van der Waals surface area contributed by atoms with E-state index in [0.29, 0.717) is 6.42 Å². The van der Waals surface area contributed by atoms with E-state index in [1.807, 2.05) is 49.4 Å². The fourth-order valence-electron chi connectivity index (χ4n) is 1.76. The Kier molecular flexibility index (Phi) is 4.58. The first kappa shape index (κ1) is 13.6. The van der Waals surface area contributed by atoms with E-state index in [2.05, 4.69) is 4.98 Å². The quantitative estimate of drug-likeness (QED) is 0.850. The zero-order valence-corrected chi connectivity index (χ0v) is 11.4. The summed E-state index contributed by atoms with van der Waals surface area (Å²) in [7, 11) is 0. The number of aliphatic carboxylic acids is 1. The summed E-state index contributed by atoms with van der Waals surface area (Å²) in [6.07, 6.45) is 2.22. The fourth-order valence-corrected chi connectivity index (χ4v) is 2.85. The molecule has 3 nitrogen and oxygen atoms in total. The molecule has 4 heteroatoms. The van der Waals surface area contributed by atoms with Crippen molar-refractivity contribution in [2.75, 3.05) is 0 Å². The van der Waals surface area contributed by atoms with E-state index in [9.17, 15) is 9.90 Å². The molecule has 1 aromatic carbocycles. The molecule has 1 heterocycles. The van der Waals surface area contributed by atoms with E-state index in [1.54, 1.807) is 6.20 Å². The lowest BCUT2D eigenvalue weighted by molar-refractivity contribution is -0.136. The Labute approximate surface area is 116 Å². The van der Waals surface area contributed by atoms with Crippen LogP contribution in [0.4, 0.5) is 0 Å². The van der Waals surface area contributed by atoms with Crippen molar-refractivity contribution in [3.8, 4) is 0 Å². The molecular weight excluding hydrogens is 258 g/mol. The molecule has 0 radical (unpaired) electrons. The highest BCUT2D eigenvalue weighted by molar-refractivity contribution is 8.00. The predicted octanol–water partition coefficient (Wildman–Crippen LogP) is 3.18. The molecule has 0 aliphatic rings. The van der Waals surface area contributed by atoms with Gasteiger partial charge in [-0.1, -0.05) is 30.3 Å². The second-order valence-corrected chi connectivity index (χ2v) is 5.54. The number of aromatic nitrogens is 1. The second kappa shape index (κ2) is 6.38. The van der Waals surface area contributed by atoms with Crippen molar-refractivity contribution < 1.29 is 9.90 Å². The summed E-state index contributed by atoms with van der Waals surface area (Å²) >= 11 is 1.37. The molecule has 0 bridgehead atoms. The maximum Gasteiger partial charge on any atom is 0.317 e. The summed E-state index contributed by atoms with van der Waals surface area (Å²) in [5, 5.41) is 8.85. The Balaban J connectivity index is 2.11. The Morgan fingerprint density at radius 1 is 1.32 bits per heavy atom. The monoisotopic (exact) mass is 273 g/mol. The summed E-state index contributed by atoms with van der Waals surface area (Å²) in [4.78, 5) is 16.4. The Morgan fingerprint density at radius 3 is 2.68 bits per heavy atom. The third-order valence-corrected chi connectivity index (χ3v) is 3.86. The molecule has 1 N–H and O–H groups in total. The number of carboxylic acid groups (broad SMARTS) is 1. The van der Waals surface area contributed by atoms with Crippen LogP contribution >= 0.6 is 11.8 Å². The van der Waals surface area contributed by atoms with Crippen LogP contribution in [0.1, 0.15) is 11.3 Å². The zero-order chi connectivity index (χ0) is 13.7. The molecule has 0 amide bonds. The number of rotatable bonds is 5. The van der Waals surface area contributed by atoms with Gasteiger partial charge in [0, 0.05) is 16.8 Å². The molecule has 2 aromatic rings. The van der Waals surface area contributed by atoms with Gasteiger partial charge in [0.1, 0.15) is 5.25 Å². The number of nitrogens with zero attached hydrogens (tertiary/aromatic N) is 1. The van der Waals surface area contributed by atoms with E-state index < -0.39 is 11.2 Å². The standard InChI is InChI=1S/C15H15NO2S/c1-11-9-13(7-8-16-11)19-14(15(17)18)10-12-5-3-2-4-6-12/h2-9,14H,10H2,1H3,(H,17,18). The van der Waals surface area contributed by atoms with Crippen LogP contribution in [0, 0.1) is 6.92 Å². The minimum Gasteiger partial charge on any atom is -0.480 e. The predicted molar refractivity (Wildman–Crippen MR) is 76.4 cm³/mol. The van der Waals surface area contributed by atoms with Crippen LogP contribution in [0.15, 0.2) is 53.6 Å². The molecule has 0 aliphatic heterocycles. The van der Waals surface area contributed by atoms with E-state index in [1.165, 1.54) is 11.8 Å². The number of carboxylic acids is 1. The second-order valence-electron chi connectivity index (χ2n) is 4.27. The van der Waals surface area contributed by atoms with E-state index in [-0.39, 0.29) is 0 Å². The van der Waals surface area contributed by atoms with Crippen LogP contribution in [-0.2, 0) is 11.2 Å². The number of benzene rings is 1. The molecule has 1 aromatic heterocycles. The van der Waals surface area contributed by atoms with Gasteiger partial charge >= 0.3 is 5.97 Å². The number of hydrogen-bond donors (Lipinski definition) is 1. The van der Waals surface area contributed by atoms with Gasteiger partial charge < -0.3 is 5.11 Å². The lowest BCUT2D eigenvalue weighted by atomic mass is 10.1. The minimum absolute atomic E-state index is 0.482. The fraction of sp³-hybridized carbons (Fsp3) is 0.200. The van der Waals surface area contributed by atoms with E-state index in [0.717, 1.165) is 16.2 Å². The molecule has 0 fully saturated rings. The SMILES string of the molecule is Cc1cc(SC(Cc2ccccc2)C(=O)O)ccn1. The Hall–Kier alpha value is -1.81. The summed E-state index contributed by atoms with van der Waals surface area (Å²) in [6.45, 7) is 1.90. The van der Waals surface area contributed by atoms with E-state index in [4.69, 9.17) is 0 Å². The van der Waals surface area contributed by atoms with E-state index >= 15 is 0 Å². The van der Waals surface area contributed by atoms with Crippen LogP contribution in [0.25, 0.3) is 0 Å². The van der Waals surface area contributed by atoms with Crippen molar-refractivity contribution in [2.45, 2.75) is 23.5 Å². The average Bonchev–Trinajstić information content (AvgIpc) is 2.39.